The van der Waals surface area contributed by atoms with Gasteiger partial charge in [-0.25, -0.2) is 4.39 Å². The summed E-state index contributed by atoms with van der Waals surface area (Å²) in [5.74, 6) is -0.574. The Bertz CT molecular complexity index is 726. The smallest absolute Gasteiger partial charge is 0.320 e. The summed E-state index contributed by atoms with van der Waals surface area (Å²) in [4.78, 5) is 15.1. The van der Waals surface area contributed by atoms with E-state index in [-0.39, 0.29) is 23.7 Å². The normalized spacial score (nSPS) is 16.9. The van der Waals surface area contributed by atoms with Crippen LogP contribution in [0.5, 0.6) is 0 Å². The number of aromatic nitrogens is 2. The van der Waals surface area contributed by atoms with Crippen LogP contribution in [-0.4, -0.2) is 27.3 Å². The van der Waals surface area contributed by atoms with E-state index >= 15 is 0 Å². The second-order valence-electron chi connectivity index (χ2n) is 6.25. The molecule has 0 amide bonds. The number of hydrogen-bond donors (Lipinski definition) is 2. The highest BCUT2D eigenvalue weighted by Crippen LogP contribution is 2.33. The zero-order valence-corrected chi connectivity index (χ0v) is 13.2. The van der Waals surface area contributed by atoms with Gasteiger partial charge in [0.2, 0.25) is 11.7 Å². The van der Waals surface area contributed by atoms with Crippen molar-refractivity contribution in [2.24, 2.45) is 5.73 Å². The standard InChI is InChI=1S/C17H20FN3O3/c18-13-8-10(9-14(19)17(22)23)6-7-12(13)15-20-16(24-21-15)11-4-2-1-3-5-11/h6-8,11,14H,1-5,9,19H2,(H,22,23). The van der Waals surface area contributed by atoms with Crippen molar-refractivity contribution < 1.29 is 18.8 Å². The quantitative estimate of drug-likeness (QED) is 0.872. The van der Waals surface area contributed by atoms with Crippen LogP contribution >= 0.6 is 0 Å². The highest BCUT2D eigenvalue weighted by atomic mass is 19.1. The van der Waals surface area contributed by atoms with Crippen LogP contribution in [-0.2, 0) is 11.2 Å². The van der Waals surface area contributed by atoms with Gasteiger partial charge in [0.05, 0.1) is 5.56 Å². The summed E-state index contributed by atoms with van der Waals surface area (Å²) >= 11 is 0. The van der Waals surface area contributed by atoms with E-state index in [1.807, 2.05) is 0 Å². The highest BCUT2D eigenvalue weighted by molar-refractivity contribution is 5.73. The Morgan fingerprint density at radius 3 is 2.79 bits per heavy atom. The number of carboxylic acid groups (broad SMARTS) is 1. The van der Waals surface area contributed by atoms with E-state index in [0.717, 1.165) is 25.7 Å². The number of nitrogens with zero attached hydrogens (tertiary/aromatic N) is 2. The predicted octanol–water partition coefficient (Wildman–Crippen LogP) is 2.88. The first-order chi connectivity index (χ1) is 11.5. The minimum atomic E-state index is -1.12. The first kappa shape index (κ1) is 16.6. The molecule has 128 valence electrons. The topological polar surface area (TPSA) is 102 Å². The maximum Gasteiger partial charge on any atom is 0.320 e. The number of rotatable bonds is 5. The first-order valence-electron chi connectivity index (χ1n) is 8.15. The number of carbonyl (C=O) groups is 1. The molecule has 1 fully saturated rings. The molecule has 1 saturated carbocycles. The third-order valence-corrected chi connectivity index (χ3v) is 4.44. The van der Waals surface area contributed by atoms with Crippen molar-refractivity contribution in [3.05, 3.63) is 35.5 Å². The zero-order chi connectivity index (χ0) is 17.1. The number of hydrogen-bond acceptors (Lipinski definition) is 5. The van der Waals surface area contributed by atoms with Crippen LogP contribution in [0.15, 0.2) is 22.7 Å². The molecule has 1 aliphatic rings. The molecule has 1 atom stereocenters. The number of benzene rings is 1. The van der Waals surface area contributed by atoms with E-state index in [2.05, 4.69) is 10.1 Å². The lowest BCUT2D eigenvalue weighted by atomic mass is 9.89. The summed E-state index contributed by atoms with van der Waals surface area (Å²) in [5.41, 5.74) is 6.23. The third-order valence-electron chi connectivity index (χ3n) is 4.44. The van der Waals surface area contributed by atoms with Crippen LogP contribution in [0.3, 0.4) is 0 Å². The molecule has 0 saturated heterocycles. The Labute approximate surface area is 138 Å². The SMILES string of the molecule is NC(Cc1ccc(-c2noc(C3CCCCC3)n2)c(F)c1)C(=O)O. The molecule has 2 aromatic rings. The summed E-state index contributed by atoms with van der Waals surface area (Å²) in [5, 5.41) is 12.7. The summed E-state index contributed by atoms with van der Waals surface area (Å²) in [6.45, 7) is 0. The Balaban J connectivity index is 1.77. The van der Waals surface area contributed by atoms with Crippen LogP contribution in [0.1, 0.15) is 49.5 Å². The first-order valence-corrected chi connectivity index (χ1v) is 8.15. The molecule has 1 aliphatic carbocycles. The van der Waals surface area contributed by atoms with Crippen molar-refractivity contribution in [3.8, 4) is 11.4 Å². The second-order valence-corrected chi connectivity index (χ2v) is 6.25. The van der Waals surface area contributed by atoms with Gasteiger partial charge in [-0.15, -0.1) is 0 Å². The van der Waals surface area contributed by atoms with E-state index in [9.17, 15) is 9.18 Å². The second kappa shape index (κ2) is 7.09. The van der Waals surface area contributed by atoms with Gasteiger partial charge in [0.15, 0.2) is 0 Å². The molecule has 3 N–H and O–H groups in total. The summed E-state index contributed by atoms with van der Waals surface area (Å²) in [6, 6.07) is 3.39. The molecule has 0 bridgehead atoms. The summed E-state index contributed by atoms with van der Waals surface area (Å²) in [6.07, 6.45) is 5.63. The number of nitrogens with two attached hydrogens (primary N) is 1. The molecule has 6 nitrogen and oxygen atoms in total. The van der Waals surface area contributed by atoms with Gasteiger partial charge in [0.25, 0.3) is 0 Å². The van der Waals surface area contributed by atoms with Crippen LogP contribution in [0.2, 0.25) is 0 Å². The molecule has 7 heteroatoms. The van der Waals surface area contributed by atoms with Crippen molar-refractivity contribution in [2.75, 3.05) is 0 Å². The Morgan fingerprint density at radius 1 is 1.38 bits per heavy atom. The molecule has 3 rings (SSSR count). The van der Waals surface area contributed by atoms with Crippen LogP contribution < -0.4 is 5.73 Å². The van der Waals surface area contributed by atoms with Gasteiger partial charge in [-0.2, -0.15) is 4.98 Å². The molecule has 1 heterocycles. The highest BCUT2D eigenvalue weighted by Gasteiger charge is 2.23. The fourth-order valence-corrected chi connectivity index (χ4v) is 3.07. The molecular formula is C17H20FN3O3. The monoisotopic (exact) mass is 333 g/mol. The molecule has 1 aromatic heterocycles. The van der Waals surface area contributed by atoms with Crippen molar-refractivity contribution >= 4 is 5.97 Å². The molecule has 0 spiro atoms. The lowest BCUT2D eigenvalue weighted by Crippen LogP contribution is -2.32. The molecule has 1 unspecified atom stereocenters. The lowest BCUT2D eigenvalue weighted by Gasteiger charge is -2.17. The van der Waals surface area contributed by atoms with Gasteiger partial charge >= 0.3 is 5.97 Å². The Kier molecular flexibility index (Phi) is 4.89. The summed E-state index contributed by atoms with van der Waals surface area (Å²) < 4.78 is 19.6. The predicted molar refractivity (Wildman–Crippen MR) is 84.8 cm³/mol. The van der Waals surface area contributed by atoms with E-state index in [1.165, 1.54) is 18.6 Å². The third kappa shape index (κ3) is 3.62. The van der Waals surface area contributed by atoms with Gasteiger partial charge in [0.1, 0.15) is 11.9 Å². The van der Waals surface area contributed by atoms with Crippen molar-refractivity contribution in [2.45, 2.75) is 50.5 Å². The average Bonchev–Trinajstić information content (AvgIpc) is 3.05. The Hall–Kier alpha value is -2.28. The van der Waals surface area contributed by atoms with Crippen LogP contribution in [0.25, 0.3) is 11.4 Å². The van der Waals surface area contributed by atoms with E-state index in [4.69, 9.17) is 15.4 Å². The molecule has 1 aromatic carbocycles. The van der Waals surface area contributed by atoms with E-state index < -0.39 is 17.8 Å². The molecule has 0 aliphatic heterocycles. The van der Waals surface area contributed by atoms with Gasteiger partial charge in [0, 0.05) is 5.92 Å². The van der Waals surface area contributed by atoms with Gasteiger partial charge < -0.3 is 15.4 Å². The average molecular weight is 333 g/mol. The number of carboxylic acids is 1. The van der Waals surface area contributed by atoms with Crippen molar-refractivity contribution in [3.63, 3.8) is 0 Å². The van der Waals surface area contributed by atoms with E-state index in [0.29, 0.717) is 11.5 Å². The molecular weight excluding hydrogens is 313 g/mol. The van der Waals surface area contributed by atoms with Gasteiger partial charge in [-0.3, -0.25) is 4.79 Å². The fraction of sp³-hybridized carbons (Fsp3) is 0.471. The maximum atomic E-state index is 14.3. The zero-order valence-electron chi connectivity index (χ0n) is 13.2. The minimum Gasteiger partial charge on any atom is -0.480 e. The van der Waals surface area contributed by atoms with Crippen molar-refractivity contribution in [1.82, 2.24) is 10.1 Å². The van der Waals surface area contributed by atoms with Crippen LogP contribution in [0, 0.1) is 5.82 Å². The van der Waals surface area contributed by atoms with Gasteiger partial charge in [-0.05, 0) is 37.0 Å². The largest absolute Gasteiger partial charge is 0.480 e. The van der Waals surface area contributed by atoms with Crippen molar-refractivity contribution in [1.29, 1.82) is 0 Å². The molecule has 0 radical (unpaired) electrons. The van der Waals surface area contributed by atoms with Crippen LogP contribution in [0.4, 0.5) is 4.39 Å². The number of halogens is 1. The summed E-state index contributed by atoms with van der Waals surface area (Å²) in [7, 11) is 0. The van der Waals surface area contributed by atoms with Gasteiger partial charge in [-0.1, -0.05) is 30.5 Å². The lowest BCUT2D eigenvalue weighted by molar-refractivity contribution is -0.138. The number of aliphatic carboxylic acids is 1. The molecule has 24 heavy (non-hydrogen) atoms. The Morgan fingerprint density at radius 2 is 2.12 bits per heavy atom. The minimum absolute atomic E-state index is 0.0616. The van der Waals surface area contributed by atoms with E-state index in [1.54, 1.807) is 6.07 Å². The fourth-order valence-electron chi connectivity index (χ4n) is 3.07. The maximum absolute atomic E-state index is 14.3.